The molecular weight excluding hydrogens is 432 g/mol. The first kappa shape index (κ1) is 23.5. The van der Waals surface area contributed by atoms with E-state index in [4.69, 9.17) is 14.6 Å². The van der Waals surface area contributed by atoms with E-state index in [1.165, 1.54) is 25.9 Å². The number of halogens is 1. The minimum Gasteiger partial charge on any atom is -0.493 e. The zero-order valence-electron chi connectivity index (χ0n) is 16.9. The first-order chi connectivity index (χ1) is 13.7. The van der Waals surface area contributed by atoms with Gasteiger partial charge in [0.05, 0.1) is 31.0 Å². The Kier molecular flexibility index (Phi) is 6.96. The minimum atomic E-state index is -3.82. The molecule has 0 amide bonds. The van der Waals surface area contributed by atoms with Crippen molar-refractivity contribution in [3.63, 3.8) is 0 Å². The Labute approximate surface area is 180 Å². The SMILES string of the molecule is COc1cc2c(Cc3ccc(N(C)S(N)(=O)=O)cc3)nn(C)c(=O)c2cc1OC.Cl. The van der Waals surface area contributed by atoms with Crippen LogP contribution in [0.3, 0.4) is 0 Å². The fourth-order valence-corrected chi connectivity index (χ4v) is 3.46. The molecule has 30 heavy (non-hydrogen) atoms. The number of nitrogens with two attached hydrogens (primary N) is 1. The van der Waals surface area contributed by atoms with Gasteiger partial charge in [-0.05, 0) is 29.8 Å². The van der Waals surface area contributed by atoms with E-state index in [1.807, 2.05) is 0 Å². The summed E-state index contributed by atoms with van der Waals surface area (Å²) in [7, 11) is 2.18. The Balaban J connectivity index is 0.00000320. The van der Waals surface area contributed by atoms with E-state index in [-0.39, 0.29) is 18.0 Å². The van der Waals surface area contributed by atoms with Crippen LogP contribution in [0, 0.1) is 0 Å². The van der Waals surface area contributed by atoms with Crippen LogP contribution in [-0.4, -0.2) is 39.5 Å². The maximum atomic E-state index is 12.5. The van der Waals surface area contributed by atoms with Crippen LogP contribution in [0.2, 0.25) is 0 Å². The van der Waals surface area contributed by atoms with Crippen molar-refractivity contribution in [1.82, 2.24) is 9.78 Å². The number of hydrogen-bond donors (Lipinski definition) is 1. The van der Waals surface area contributed by atoms with Gasteiger partial charge in [-0.25, -0.2) is 9.82 Å². The highest BCUT2D eigenvalue weighted by atomic mass is 35.5. The van der Waals surface area contributed by atoms with E-state index >= 15 is 0 Å². The molecule has 2 aromatic carbocycles. The van der Waals surface area contributed by atoms with Crippen LogP contribution in [0.25, 0.3) is 10.8 Å². The molecule has 0 saturated heterocycles. The lowest BCUT2D eigenvalue weighted by Crippen LogP contribution is -2.33. The summed E-state index contributed by atoms with van der Waals surface area (Å²) in [5.74, 6) is 0.964. The number of nitrogens with zero attached hydrogens (tertiary/aromatic N) is 3. The van der Waals surface area contributed by atoms with Gasteiger partial charge in [0.15, 0.2) is 11.5 Å². The average molecular weight is 455 g/mol. The minimum absolute atomic E-state index is 0. The first-order valence-electron chi connectivity index (χ1n) is 8.63. The maximum absolute atomic E-state index is 12.5. The van der Waals surface area contributed by atoms with Crippen LogP contribution in [0.1, 0.15) is 11.3 Å². The van der Waals surface area contributed by atoms with Crippen molar-refractivity contribution in [3.8, 4) is 11.5 Å². The van der Waals surface area contributed by atoms with Gasteiger partial charge in [-0.3, -0.25) is 9.10 Å². The largest absolute Gasteiger partial charge is 0.493 e. The van der Waals surface area contributed by atoms with E-state index in [0.717, 1.165) is 9.87 Å². The maximum Gasteiger partial charge on any atom is 0.298 e. The van der Waals surface area contributed by atoms with E-state index in [9.17, 15) is 13.2 Å². The topological polar surface area (TPSA) is 117 Å². The molecule has 11 heteroatoms. The Morgan fingerprint density at radius 1 is 1.07 bits per heavy atom. The molecule has 162 valence electrons. The van der Waals surface area contributed by atoms with E-state index in [2.05, 4.69) is 5.10 Å². The first-order valence-corrected chi connectivity index (χ1v) is 10.1. The third kappa shape index (κ3) is 4.50. The number of ether oxygens (including phenoxy) is 2. The molecule has 2 N–H and O–H groups in total. The summed E-state index contributed by atoms with van der Waals surface area (Å²) in [6.45, 7) is 0. The van der Waals surface area contributed by atoms with Crippen molar-refractivity contribution < 1.29 is 17.9 Å². The zero-order chi connectivity index (χ0) is 21.3. The molecule has 0 aliphatic heterocycles. The molecule has 0 spiro atoms. The Bertz CT molecular complexity index is 1230. The van der Waals surface area contributed by atoms with Crippen molar-refractivity contribution >= 4 is 39.1 Å². The summed E-state index contributed by atoms with van der Waals surface area (Å²) in [6, 6.07) is 10.3. The Hall–Kier alpha value is -2.82. The number of benzene rings is 2. The van der Waals surface area contributed by atoms with Crippen molar-refractivity contribution in [1.29, 1.82) is 0 Å². The van der Waals surface area contributed by atoms with E-state index < -0.39 is 10.2 Å². The second-order valence-corrected chi connectivity index (χ2v) is 8.06. The summed E-state index contributed by atoms with van der Waals surface area (Å²) in [4.78, 5) is 12.5. The number of rotatable bonds is 6. The Morgan fingerprint density at radius 2 is 1.60 bits per heavy atom. The lowest BCUT2D eigenvalue weighted by Gasteiger charge is -2.16. The van der Waals surface area contributed by atoms with Gasteiger partial charge >= 0.3 is 0 Å². The third-order valence-corrected chi connectivity index (χ3v) is 5.66. The molecule has 0 saturated carbocycles. The smallest absolute Gasteiger partial charge is 0.298 e. The molecule has 3 aromatic rings. The number of hydrogen-bond acceptors (Lipinski definition) is 6. The number of aryl methyl sites for hydroxylation is 1. The highest BCUT2D eigenvalue weighted by molar-refractivity contribution is 7.90. The molecule has 1 heterocycles. The number of fused-ring (bicyclic) bond motifs is 1. The Morgan fingerprint density at radius 3 is 2.10 bits per heavy atom. The summed E-state index contributed by atoms with van der Waals surface area (Å²) < 4.78 is 35.9. The fraction of sp³-hybridized carbons (Fsp3) is 0.263. The monoisotopic (exact) mass is 454 g/mol. The van der Waals surface area contributed by atoms with E-state index in [1.54, 1.807) is 43.4 Å². The van der Waals surface area contributed by atoms with E-state index in [0.29, 0.717) is 40.1 Å². The van der Waals surface area contributed by atoms with Gasteiger partial charge in [0.2, 0.25) is 0 Å². The number of aromatic nitrogens is 2. The second kappa shape index (κ2) is 8.90. The quantitative estimate of drug-likeness (QED) is 0.604. The van der Waals surface area contributed by atoms with Gasteiger partial charge in [0, 0.05) is 25.9 Å². The molecule has 0 atom stereocenters. The molecule has 0 aliphatic carbocycles. The number of anilines is 1. The van der Waals surface area contributed by atoms with Gasteiger partial charge in [-0.2, -0.15) is 13.5 Å². The molecular formula is C19H23ClN4O5S. The molecule has 1 aromatic heterocycles. The summed E-state index contributed by atoms with van der Waals surface area (Å²) in [6.07, 6.45) is 0.430. The van der Waals surface area contributed by atoms with Crippen LogP contribution in [0.15, 0.2) is 41.2 Å². The van der Waals surface area contributed by atoms with Crippen molar-refractivity contribution in [2.75, 3.05) is 25.6 Å². The molecule has 0 fully saturated rings. The summed E-state index contributed by atoms with van der Waals surface area (Å²) in [5.41, 5.74) is 1.77. The zero-order valence-corrected chi connectivity index (χ0v) is 18.6. The highest BCUT2D eigenvalue weighted by Gasteiger charge is 2.16. The second-order valence-electron chi connectivity index (χ2n) is 6.48. The van der Waals surface area contributed by atoms with Gasteiger partial charge in [-0.15, -0.1) is 12.4 Å². The van der Waals surface area contributed by atoms with Crippen molar-refractivity contribution in [2.24, 2.45) is 12.2 Å². The summed E-state index contributed by atoms with van der Waals surface area (Å²) >= 11 is 0. The molecule has 9 nitrogen and oxygen atoms in total. The van der Waals surface area contributed by atoms with Gasteiger partial charge in [0.1, 0.15) is 0 Å². The highest BCUT2D eigenvalue weighted by Crippen LogP contribution is 2.32. The lowest BCUT2D eigenvalue weighted by atomic mass is 10.0. The van der Waals surface area contributed by atoms with Crippen LogP contribution in [0.4, 0.5) is 5.69 Å². The van der Waals surface area contributed by atoms with Crippen LogP contribution in [0.5, 0.6) is 11.5 Å². The molecule has 0 radical (unpaired) electrons. The van der Waals surface area contributed by atoms with Crippen LogP contribution >= 0.6 is 12.4 Å². The third-order valence-electron chi connectivity index (χ3n) is 4.68. The predicted molar refractivity (Wildman–Crippen MR) is 118 cm³/mol. The fourth-order valence-electron chi connectivity index (χ4n) is 3.04. The standard InChI is InChI=1S/C19H22N4O5S.ClH/c1-22-19(24)15-11-18(28-4)17(27-3)10-14(15)16(21-22)9-12-5-7-13(8-6-12)23(2)29(20,25)26;/h5-8,10-11H,9H2,1-4H3,(H2,20,25,26);1H. The van der Waals surface area contributed by atoms with Gasteiger partial charge in [-0.1, -0.05) is 12.1 Å². The summed E-state index contributed by atoms with van der Waals surface area (Å²) in [5, 5.41) is 10.7. The molecule has 0 aliphatic rings. The van der Waals surface area contributed by atoms with Gasteiger partial charge < -0.3 is 9.47 Å². The lowest BCUT2D eigenvalue weighted by molar-refractivity contribution is 0.355. The molecule has 0 unspecified atom stereocenters. The predicted octanol–water partition coefficient (Wildman–Crippen LogP) is 1.60. The van der Waals surface area contributed by atoms with Crippen LogP contribution < -0.4 is 24.5 Å². The molecule has 0 bridgehead atoms. The van der Waals surface area contributed by atoms with Gasteiger partial charge in [0.25, 0.3) is 15.8 Å². The van der Waals surface area contributed by atoms with Crippen LogP contribution in [-0.2, 0) is 23.7 Å². The van der Waals surface area contributed by atoms with Crippen molar-refractivity contribution in [2.45, 2.75) is 6.42 Å². The average Bonchev–Trinajstić information content (AvgIpc) is 2.70. The molecule has 3 rings (SSSR count). The number of methoxy groups -OCH3 is 2. The van der Waals surface area contributed by atoms with Crippen molar-refractivity contribution in [3.05, 3.63) is 58.0 Å². The normalized spacial score (nSPS) is 11.1.